The average molecular weight is 351 g/mol. The number of nitrogens with two attached hydrogens (primary N) is 1. The van der Waals surface area contributed by atoms with E-state index in [0.29, 0.717) is 33.0 Å². The molecule has 6 nitrogen and oxygen atoms in total. The Morgan fingerprint density at radius 2 is 1.86 bits per heavy atom. The molecule has 0 unspecified atom stereocenters. The third-order valence-corrected chi connectivity index (χ3v) is 3.56. The summed E-state index contributed by atoms with van der Waals surface area (Å²) >= 11 is 3.36. The van der Waals surface area contributed by atoms with Crippen molar-refractivity contribution in [1.82, 2.24) is 0 Å². The molecule has 1 aliphatic heterocycles. The molecule has 0 bridgehead atoms. The first-order chi connectivity index (χ1) is 10.2. The molecule has 0 amide bonds. The Labute approximate surface area is 128 Å². The zero-order valence-corrected chi connectivity index (χ0v) is 12.3. The van der Waals surface area contributed by atoms with Gasteiger partial charge in [-0.3, -0.25) is 0 Å². The van der Waals surface area contributed by atoms with Crippen LogP contribution in [-0.4, -0.2) is 17.8 Å². The van der Waals surface area contributed by atoms with Crippen LogP contribution in [0.4, 0.5) is 0 Å². The quantitative estimate of drug-likeness (QED) is 0.384. The predicted octanol–water partition coefficient (Wildman–Crippen LogP) is 3.06. The van der Waals surface area contributed by atoms with E-state index in [1.54, 1.807) is 36.4 Å². The lowest BCUT2D eigenvalue weighted by Gasteiger charge is -2.09. The van der Waals surface area contributed by atoms with E-state index in [2.05, 4.69) is 21.1 Å². The van der Waals surface area contributed by atoms with Crippen molar-refractivity contribution in [2.75, 3.05) is 6.79 Å². The normalized spacial score (nSPS) is 13.3. The van der Waals surface area contributed by atoms with Crippen LogP contribution in [0.1, 0.15) is 5.56 Å². The van der Waals surface area contributed by atoms with Crippen molar-refractivity contribution < 1.29 is 19.4 Å². The lowest BCUT2D eigenvalue weighted by atomic mass is 10.2. The largest absolute Gasteiger partial charge is 0.457 e. The Bertz CT molecular complexity index is 718. The van der Waals surface area contributed by atoms with Crippen molar-refractivity contribution in [2.24, 2.45) is 10.9 Å². The van der Waals surface area contributed by atoms with Crippen LogP contribution < -0.4 is 19.9 Å². The molecule has 1 heterocycles. The minimum absolute atomic E-state index is 0.0245. The second-order valence-electron chi connectivity index (χ2n) is 4.24. The van der Waals surface area contributed by atoms with Gasteiger partial charge >= 0.3 is 0 Å². The third kappa shape index (κ3) is 2.73. The summed E-state index contributed by atoms with van der Waals surface area (Å²) in [4.78, 5) is 0. The van der Waals surface area contributed by atoms with Crippen molar-refractivity contribution in [3.8, 4) is 23.0 Å². The molecule has 0 fully saturated rings. The predicted molar refractivity (Wildman–Crippen MR) is 79.3 cm³/mol. The van der Waals surface area contributed by atoms with Crippen molar-refractivity contribution in [3.05, 3.63) is 46.4 Å². The maximum Gasteiger partial charge on any atom is 0.231 e. The average Bonchev–Trinajstić information content (AvgIpc) is 2.94. The monoisotopic (exact) mass is 350 g/mol. The molecule has 0 saturated carbocycles. The second-order valence-corrected chi connectivity index (χ2v) is 5.10. The Morgan fingerprint density at radius 3 is 2.62 bits per heavy atom. The zero-order chi connectivity index (χ0) is 14.8. The molecule has 0 saturated heterocycles. The van der Waals surface area contributed by atoms with Gasteiger partial charge in [0.1, 0.15) is 11.5 Å². The summed E-state index contributed by atoms with van der Waals surface area (Å²) in [5, 5.41) is 11.7. The SMILES string of the molecule is N/C(=N/O)c1ccc(Oc2ccc3c(c2)OCO3)cc1Br. The highest BCUT2D eigenvalue weighted by Gasteiger charge is 2.14. The summed E-state index contributed by atoms with van der Waals surface area (Å²) in [6, 6.07) is 10.5. The van der Waals surface area contributed by atoms with Crippen LogP contribution in [0.2, 0.25) is 0 Å². The zero-order valence-electron chi connectivity index (χ0n) is 10.7. The van der Waals surface area contributed by atoms with Gasteiger partial charge in [0.05, 0.1) is 0 Å². The van der Waals surface area contributed by atoms with Gasteiger partial charge in [-0.05, 0) is 46.3 Å². The minimum Gasteiger partial charge on any atom is -0.457 e. The van der Waals surface area contributed by atoms with Gasteiger partial charge in [-0.25, -0.2) is 0 Å². The van der Waals surface area contributed by atoms with E-state index in [1.165, 1.54) is 0 Å². The van der Waals surface area contributed by atoms with E-state index in [1.807, 2.05) is 0 Å². The summed E-state index contributed by atoms with van der Waals surface area (Å²) in [6.45, 7) is 0.221. The Balaban J connectivity index is 1.84. The number of fused-ring (bicyclic) bond motifs is 1. The first-order valence-electron chi connectivity index (χ1n) is 6.02. The maximum atomic E-state index is 8.69. The number of hydrogen-bond donors (Lipinski definition) is 2. The van der Waals surface area contributed by atoms with Crippen molar-refractivity contribution in [2.45, 2.75) is 0 Å². The summed E-state index contributed by atoms with van der Waals surface area (Å²) < 4.78 is 16.9. The highest BCUT2D eigenvalue weighted by Crippen LogP contribution is 2.37. The third-order valence-electron chi connectivity index (χ3n) is 2.90. The van der Waals surface area contributed by atoms with Crippen LogP contribution in [0, 0.1) is 0 Å². The van der Waals surface area contributed by atoms with E-state index >= 15 is 0 Å². The lowest BCUT2D eigenvalue weighted by molar-refractivity contribution is 0.174. The van der Waals surface area contributed by atoms with Gasteiger partial charge < -0.3 is 25.2 Å². The molecule has 2 aromatic carbocycles. The molecule has 3 rings (SSSR count). The summed E-state index contributed by atoms with van der Waals surface area (Å²) in [5.74, 6) is 2.61. The molecule has 0 aliphatic carbocycles. The number of hydrogen-bond acceptors (Lipinski definition) is 5. The Kier molecular flexibility index (Phi) is 3.57. The summed E-state index contributed by atoms with van der Waals surface area (Å²) in [5.41, 5.74) is 6.14. The number of oxime groups is 1. The fraction of sp³-hybridized carbons (Fsp3) is 0.0714. The van der Waals surface area contributed by atoms with Crippen molar-refractivity contribution in [3.63, 3.8) is 0 Å². The van der Waals surface area contributed by atoms with Gasteiger partial charge in [0.2, 0.25) is 6.79 Å². The van der Waals surface area contributed by atoms with Gasteiger partial charge in [0.15, 0.2) is 17.3 Å². The first-order valence-corrected chi connectivity index (χ1v) is 6.81. The molecule has 1 aliphatic rings. The lowest BCUT2D eigenvalue weighted by Crippen LogP contribution is -2.13. The molecule has 0 radical (unpaired) electrons. The van der Waals surface area contributed by atoms with Crippen LogP contribution in [0.15, 0.2) is 46.0 Å². The number of ether oxygens (including phenoxy) is 3. The minimum atomic E-state index is 0.0245. The summed E-state index contributed by atoms with van der Waals surface area (Å²) in [6.07, 6.45) is 0. The van der Waals surface area contributed by atoms with Gasteiger partial charge in [-0.1, -0.05) is 5.16 Å². The number of rotatable bonds is 3. The fourth-order valence-corrected chi connectivity index (χ4v) is 2.46. The molecule has 3 N–H and O–H groups in total. The fourth-order valence-electron chi connectivity index (χ4n) is 1.90. The van der Waals surface area contributed by atoms with Crippen LogP contribution in [0.25, 0.3) is 0 Å². The van der Waals surface area contributed by atoms with Gasteiger partial charge in [0.25, 0.3) is 0 Å². The highest BCUT2D eigenvalue weighted by atomic mass is 79.9. The number of halogens is 1. The molecular weight excluding hydrogens is 340 g/mol. The van der Waals surface area contributed by atoms with Gasteiger partial charge in [0, 0.05) is 16.1 Å². The smallest absolute Gasteiger partial charge is 0.231 e. The van der Waals surface area contributed by atoms with Crippen LogP contribution in [0.5, 0.6) is 23.0 Å². The van der Waals surface area contributed by atoms with Crippen LogP contribution in [0.3, 0.4) is 0 Å². The van der Waals surface area contributed by atoms with E-state index in [-0.39, 0.29) is 12.6 Å². The summed E-state index contributed by atoms with van der Waals surface area (Å²) in [7, 11) is 0. The first kappa shape index (κ1) is 13.6. The van der Waals surface area contributed by atoms with Gasteiger partial charge in [-0.15, -0.1) is 0 Å². The molecule has 108 valence electrons. The number of amidine groups is 1. The number of nitrogens with zero attached hydrogens (tertiary/aromatic N) is 1. The topological polar surface area (TPSA) is 86.3 Å². The maximum absolute atomic E-state index is 8.69. The Morgan fingerprint density at radius 1 is 1.14 bits per heavy atom. The van der Waals surface area contributed by atoms with E-state index in [4.69, 9.17) is 25.2 Å². The van der Waals surface area contributed by atoms with Crippen LogP contribution in [-0.2, 0) is 0 Å². The molecule has 0 atom stereocenters. The van der Waals surface area contributed by atoms with E-state index < -0.39 is 0 Å². The molecule has 21 heavy (non-hydrogen) atoms. The van der Waals surface area contributed by atoms with Crippen molar-refractivity contribution >= 4 is 21.8 Å². The molecular formula is C14H11BrN2O4. The van der Waals surface area contributed by atoms with Crippen molar-refractivity contribution in [1.29, 1.82) is 0 Å². The van der Waals surface area contributed by atoms with Crippen LogP contribution >= 0.6 is 15.9 Å². The standard InChI is InChI=1S/C14H11BrN2O4/c15-11-5-8(1-3-10(11)14(16)17-18)21-9-2-4-12-13(6-9)20-7-19-12/h1-6,18H,7H2,(H2,16,17). The molecule has 7 heteroatoms. The van der Waals surface area contributed by atoms with E-state index in [0.717, 1.165) is 0 Å². The Hall–Kier alpha value is -2.41. The van der Waals surface area contributed by atoms with E-state index in [9.17, 15) is 0 Å². The number of benzene rings is 2. The molecule has 2 aromatic rings. The van der Waals surface area contributed by atoms with Gasteiger partial charge in [-0.2, -0.15) is 0 Å². The molecule has 0 aromatic heterocycles. The second kappa shape index (κ2) is 5.53. The highest BCUT2D eigenvalue weighted by molar-refractivity contribution is 9.10. The molecule has 0 spiro atoms.